The lowest BCUT2D eigenvalue weighted by Crippen LogP contribution is -2.25. The van der Waals surface area contributed by atoms with Gasteiger partial charge in [-0.1, -0.05) is 17.8 Å². The van der Waals surface area contributed by atoms with E-state index >= 15 is 0 Å². The van der Waals surface area contributed by atoms with Gasteiger partial charge in [-0.2, -0.15) is 4.99 Å². The average molecular weight is 348 g/mol. The minimum absolute atomic E-state index is 0.00691. The van der Waals surface area contributed by atoms with Crippen molar-refractivity contribution in [1.29, 1.82) is 0 Å². The lowest BCUT2D eigenvalue weighted by Gasteiger charge is -2.16. The highest BCUT2D eigenvalue weighted by atomic mass is 32.2. The normalized spacial score (nSPS) is 20.2. The van der Waals surface area contributed by atoms with Gasteiger partial charge in [-0.3, -0.25) is 19.7 Å². The van der Waals surface area contributed by atoms with Crippen molar-refractivity contribution in [2.45, 2.75) is 24.5 Å². The Kier molecular flexibility index (Phi) is 4.79. The van der Waals surface area contributed by atoms with E-state index in [1.165, 1.54) is 30.0 Å². The van der Waals surface area contributed by atoms with E-state index in [9.17, 15) is 19.7 Å². The highest BCUT2D eigenvalue weighted by molar-refractivity contribution is 8.15. The number of non-ortho nitro benzene ring substituents is 1. The first kappa shape index (κ1) is 16.4. The van der Waals surface area contributed by atoms with Crippen LogP contribution in [0, 0.1) is 10.1 Å². The maximum absolute atomic E-state index is 12.1. The Hall–Kier alpha value is -2.42. The number of rotatable bonds is 4. The Morgan fingerprint density at radius 1 is 1.42 bits per heavy atom. The minimum atomic E-state index is -0.528. The molecular formula is C15H16N4O4S. The molecule has 24 heavy (non-hydrogen) atoms. The Balaban J connectivity index is 1.57. The lowest BCUT2D eigenvalue weighted by molar-refractivity contribution is -0.384. The summed E-state index contributed by atoms with van der Waals surface area (Å²) in [5.74, 6) is -0.657. The fraction of sp³-hybridized carbons (Fsp3) is 0.400. The number of aliphatic imine (C=N–C) groups is 1. The molecule has 9 heteroatoms. The maximum Gasteiger partial charge on any atom is 0.271 e. The second-order valence-electron chi connectivity index (χ2n) is 5.59. The van der Waals surface area contributed by atoms with Crippen LogP contribution in [0.2, 0.25) is 0 Å². The van der Waals surface area contributed by atoms with Crippen LogP contribution in [0.15, 0.2) is 29.3 Å². The van der Waals surface area contributed by atoms with Gasteiger partial charge in [0.15, 0.2) is 5.17 Å². The molecule has 126 valence electrons. The summed E-state index contributed by atoms with van der Waals surface area (Å²) >= 11 is 1.32. The largest absolute Gasteiger partial charge is 0.351 e. The molecule has 2 aliphatic heterocycles. The number of carbonyl (C=O) groups excluding carboxylic acids is 2. The third-order valence-electron chi connectivity index (χ3n) is 3.82. The standard InChI is InChI=1S/C15H16N4O4S/c20-13(16-10-4-3-5-11(8-10)19(22)23)9-12-14(21)17-15(24-12)18-6-1-2-7-18/h3-5,8,12H,1-2,6-7,9H2,(H,16,20)/t12-/m1/s1. The monoisotopic (exact) mass is 348 g/mol. The number of nitrogens with zero attached hydrogens (tertiary/aromatic N) is 3. The van der Waals surface area contributed by atoms with E-state index in [1.807, 2.05) is 0 Å². The summed E-state index contributed by atoms with van der Waals surface area (Å²) in [6, 6.07) is 5.70. The third-order valence-corrected chi connectivity index (χ3v) is 5.03. The summed E-state index contributed by atoms with van der Waals surface area (Å²) in [7, 11) is 0. The molecule has 3 rings (SSSR count). The Bertz CT molecular complexity index is 715. The van der Waals surface area contributed by atoms with Crippen molar-refractivity contribution < 1.29 is 14.5 Å². The van der Waals surface area contributed by atoms with Gasteiger partial charge in [-0.15, -0.1) is 0 Å². The third kappa shape index (κ3) is 3.73. The fourth-order valence-electron chi connectivity index (χ4n) is 2.63. The first-order chi connectivity index (χ1) is 11.5. The second kappa shape index (κ2) is 7.00. The Morgan fingerprint density at radius 3 is 2.88 bits per heavy atom. The molecule has 2 amide bonds. The minimum Gasteiger partial charge on any atom is -0.351 e. The van der Waals surface area contributed by atoms with Gasteiger partial charge in [0.25, 0.3) is 11.6 Å². The highest BCUT2D eigenvalue weighted by Crippen LogP contribution is 2.29. The van der Waals surface area contributed by atoms with E-state index in [0.29, 0.717) is 10.9 Å². The number of benzene rings is 1. The molecule has 1 aromatic carbocycles. The van der Waals surface area contributed by atoms with Gasteiger partial charge in [0, 0.05) is 37.3 Å². The van der Waals surface area contributed by atoms with Crippen LogP contribution in [-0.2, 0) is 9.59 Å². The molecule has 0 radical (unpaired) electrons. The second-order valence-corrected chi connectivity index (χ2v) is 6.76. The lowest BCUT2D eigenvalue weighted by atomic mass is 10.2. The van der Waals surface area contributed by atoms with Crippen molar-refractivity contribution in [2.75, 3.05) is 18.4 Å². The van der Waals surface area contributed by atoms with Crippen molar-refractivity contribution in [2.24, 2.45) is 4.99 Å². The molecule has 2 aliphatic rings. The summed E-state index contributed by atoms with van der Waals surface area (Å²) in [5, 5.41) is 13.5. The van der Waals surface area contributed by atoms with Crippen molar-refractivity contribution in [1.82, 2.24) is 4.90 Å². The van der Waals surface area contributed by atoms with Gasteiger partial charge >= 0.3 is 0 Å². The van der Waals surface area contributed by atoms with Gasteiger partial charge in [0.2, 0.25) is 5.91 Å². The molecule has 0 bridgehead atoms. The fourth-order valence-corrected chi connectivity index (χ4v) is 3.75. The summed E-state index contributed by atoms with van der Waals surface area (Å²) in [5.41, 5.74) is 0.240. The topological polar surface area (TPSA) is 105 Å². The zero-order valence-corrected chi connectivity index (χ0v) is 13.6. The van der Waals surface area contributed by atoms with Crippen LogP contribution in [0.1, 0.15) is 19.3 Å². The molecular weight excluding hydrogens is 332 g/mol. The van der Waals surface area contributed by atoms with Crippen molar-refractivity contribution in [3.8, 4) is 0 Å². The quantitative estimate of drug-likeness (QED) is 0.659. The SMILES string of the molecule is O=C(C[C@H]1SC(N2CCCC2)=NC1=O)Nc1cccc([N+](=O)[O-])c1. The number of carbonyl (C=O) groups is 2. The zero-order chi connectivity index (χ0) is 17.1. The molecule has 1 saturated heterocycles. The number of nitrogens with one attached hydrogen (secondary N) is 1. The number of nitro benzene ring substituents is 1. The summed E-state index contributed by atoms with van der Waals surface area (Å²) in [6.07, 6.45) is 2.17. The molecule has 0 aliphatic carbocycles. The van der Waals surface area contributed by atoms with Gasteiger partial charge < -0.3 is 10.2 Å². The molecule has 1 N–H and O–H groups in total. The molecule has 0 spiro atoms. The van der Waals surface area contributed by atoms with Crippen LogP contribution in [0.3, 0.4) is 0 Å². The van der Waals surface area contributed by atoms with Crippen LogP contribution in [0.25, 0.3) is 0 Å². The highest BCUT2D eigenvalue weighted by Gasteiger charge is 2.33. The number of nitro groups is 1. The van der Waals surface area contributed by atoms with E-state index in [-0.39, 0.29) is 23.9 Å². The molecule has 1 aromatic rings. The van der Waals surface area contributed by atoms with E-state index < -0.39 is 10.2 Å². The van der Waals surface area contributed by atoms with E-state index in [1.54, 1.807) is 6.07 Å². The van der Waals surface area contributed by atoms with Crippen LogP contribution in [-0.4, -0.2) is 45.1 Å². The van der Waals surface area contributed by atoms with Crippen LogP contribution in [0.5, 0.6) is 0 Å². The van der Waals surface area contributed by atoms with E-state index in [2.05, 4.69) is 15.2 Å². The molecule has 0 aromatic heterocycles. The number of hydrogen-bond donors (Lipinski definition) is 1. The van der Waals surface area contributed by atoms with E-state index in [0.717, 1.165) is 25.9 Å². The summed E-state index contributed by atoms with van der Waals surface area (Å²) in [4.78, 5) is 40.4. The number of hydrogen-bond acceptors (Lipinski definition) is 6. The summed E-state index contributed by atoms with van der Waals surface area (Å²) in [6.45, 7) is 1.79. The smallest absolute Gasteiger partial charge is 0.271 e. The van der Waals surface area contributed by atoms with E-state index in [4.69, 9.17) is 0 Å². The van der Waals surface area contributed by atoms with Crippen LogP contribution >= 0.6 is 11.8 Å². The number of thioether (sulfide) groups is 1. The first-order valence-corrected chi connectivity index (χ1v) is 8.49. The Labute approximate surface area is 142 Å². The molecule has 0 unspecified atom stereocenters. The van der Waals surface area contributed by atoms with Crippen molar-refractivity contribution in [3.05, 3.63) is 34.4 Å². The maximum atomic E-state index is 12.1. The predicted molar refractivity (Wildman–Crippen MR) is 91.0 cm³/mol. The first-order valence-electron chi connectivity index (χ1n) is 7.61. The molecule has 8 nitrogen and oxygen atoms in total. The van der Waals surface area contributed by atoms with Gasteiger partial charge in [0.1, 0.15) is 5.25 Å². The molecule has 1 fully saturated rings. The van der Waals surface area contributed by atoms with Crippen molar-refractivity contribution in [3.63, 3.8) is 0 Å². The van der Waals surface area contributed by atoms with Gasteiger partial charge in [-0.25, -0.2) is 0 Å². The number of anilines is 1. The average Bonchev–Trinajstić information content (AvgIpc) is 3.18. The number of likely N-dealkylation sites (tertiary alicyclic amines) is 1. The predicted octanol–water partition coefficient (Wildman–Crippen LogP) is 2.02. The number of amidine groups is 1. The molecule has 2 heterocycles. The van der Waals surface area contributed by atoms with Crippen LogP contribution < -0.4 is 5.32 Å². The molecule has 1 atom stereocenters. The Morgan fingerprint density at radius 2 is 2.17 bits per heavy atom. The van der Waals surface area contributed by atoms with Crippen LogP contribution in [0.4, 0.5) is 11.4 Å². The zero-order valence-electron chi connectivity index (χ0n) is 12.8. The van der Waals surface area contributed by atoms with Gasteiger partial charge in [-0.05, 0) is 18.9 Å². The number of amides is 2. The molecule has 0 saturated carbocycles. The summed E-state index contributed by atoms with van der Waals surface area (Å²) < 4.78 is 0. The van der Waals surface area contributed by atoms with Gasteiger partial charge in [0.05, 0.1) is 4.92 Å². The van der Waals surface area contributed by atoms with Crippen molar-refractivity contribution >= 4 is 40.1 Å².